The first kappa shape index (κ1) is 15.1. The molecule has 1 aromatic rings. The highest BCUT2D eigenvalue weighted by molar-refractivity contribution is 5.56. The van der Waals surface area contributed by atoms with Gasteiger partial charge in [0, 0.05) is 18.2 Å². The van der Waals surface area contributed by atoms with E-state index in [1.807, 2.05) is 0 Å². The van der Waals surface area contributed by atoms with E-state index in [-0.39, 0.29) is 0 Å². The zero-order chi connectivity index (χ0) is 14.5. The van der Waals surface area contributed by atoms with Crippen LogP contribution in [0.4, 0.5) is 11.6 Å². The molecule has 1 aromatic heterocycles. The second-order valence-corrected chi connectivity index (χ2v) is 5.98. The van der Waals surface area contributed by atoms with Crippen LogP contribution in [0.1, 0.15) is 52.0 Å². The van der Waals surface area contributed by atoms with E-state index in [1.165, 1.54) is 19.3 Å². The maximum Gasteiger partial charge on any atom is 0.134 e. The SMILES string of the molecule is CCCNc1ncnc(NC2CCC(CC)C2C)c1C. The quantitative estimate of drug-likeness (QED) is 0.828. The van der Waals surface area contributed by atoms with Crippen molar-refractivity contribution in [3.05, 3.63) is 11.9 Å². The Morgan fingerprint density at radius 1 is 1.20 bits per heavy atom. The number of nitrogens with zero attached hydrogens (tertiary/aromatic N) is 2. The molecule has 0 spiro atoms. The average molecular weight is 276 g/mol. The molecule has 1 aliphatic rings. The zero-order valence-corrected chi connectivity index (χ0v) is 13.2. The normalized spacial score (nSPS) is 25.7. The van der Waals surface area contributed by atoms with Crippen LogP contribution < -0.4 is 10.6 Å². The molecule has 1 heterocycles. The standard InChI is InChI=1S/C16H28N4/c1-5-9-17-15-12(4)16(19-10-18-15)20-14-8-7-13(6-2)11(14)3/h10-11,13-14H,5-9H2,1-4H3,(H2,17,18,19,20). The van der Waals surface area contributed by atoms with Gasteiger partial charge in [-0.05, 0) is 38.0 Å². The molecule has 20 heavy (non-hydrogen) atoms. The van der Waals surface area contributed by atoms with Crippen LogP contribution in [0.15, 0.2) is 6.33 Å². The minimum Gasteiger partial charge on any atom is -0.370 e. The summed E-state index contributed by atoms with van der Waals surface area (Å²) in [6, 6.07) is 0.549. The average Bonchev–Trinajstić information content (AvgIpc) is 2.80. The van der Waals surface area contributed by atoms with Gasteiger partial charge in [-0.3, -0.25) is 0 Å². The van der Waals surface area contributed by atoms with Crippen LogP contribution in [0.2, 0.25) is 0 Å². The van der Waals surface area contributed by atoms with Crippen molar-refractivity contribution in [2.75, 3.05) is 17.2 Å². The van der Waals surface area contributed by atoms with E-state index >= 15 is 0 Å². The third kappa shape index (κ3) is 3.22. The number of aromatic nitrogens is 2. The van der Waals surface area contributed by atoms with Crippen LogP contribution in [0.3, 0.4) is 0 Å². The van der Waals surface area contributed by atoms with Gasteiger partial charge in [0.05, 0.1) is 0 Å². The van der Waals surface area contributed by atoms with Gasteiger partial charge >= 0.3 is 0 Å². The molecule has 0 radical (unpaired) electrons. The second kappa shape index (κ2) is 6.91. The molecule has 0 saturated heterocycles. The summed E-state index contributed by atoms with van der Waals surface area (Å²) in [5, 5.41) is 7.02. The van der Waals surface area contributed by atoms with Gasteiger partial charge in [0.15, 0.2) is 0 Å². The van der Waals surface area contributed by atoms with Gasteiger partial charge in [-0.15, -0.1) is 0 Å². The molecule has 0 amide bonds. The van der Waals surface area contributed by atoms with Crippen molar-refractivity contribution < 1.29 is 0 Å². The number of hydrogen-bond donors (Lipinski definition) is 2. The molecule has 1 saturated carbocycles. The Bertz CT molecular complexity index is 432. The van der Waals surface area contributed by atoms with Crippen LogP contribution in [0.5, 0.6) is 0 Å². The Hall–Kier alpha value is -1.32. The number of anilines is 2. The topological polar surface area (TPSA) is 49.8 Å². The van der Waals surface area contributed by atoms with E-state index in [4.69, 9.17) is 0 Å². The molecular weight excluding hydrogens is 248 g/mol. The highest BCUT2D eigenvalue weighted by atomic mass is 15.1. The third-order valence-corrected chi connectivity index (χ3v) is 4.70. The Labute approximate surface area is 122 Å². The molecule has 2 rings (SSSR count). The van der Waals surface area contributed by atoms with Crippen molar-refractivity contribution in [2.24, 2.45) is 11.8 Å². The maximum atomic E-state index is 4.43. The summed E-state index contributed by atoms with van der Waals surface area (Å²) in [4.78, 5) is 8.77. The first-order chi connectivity index (χ1) is 9.67. The van der Waals surface area contributed by atoms with E-state index < -0.39 is 0 Å². The lowest BCUT2D eigenvalue weighted by Crippen LogP contribution is -2.25. The molecule has 0 aliphatic heterocycles. The van der Waals surface area contributed by atoms with Crippen molar-refractivity contribution in [3.8, 4) is 0 Å². The molecule has 0 aromatic carbocycles. The van der Waals surface area contributed by atoms with Gasteiger partial charge < -0.3 is 10.6 Å². The van der Waals surface area contributed by atoms with Crippen molar-refractivity contribution in [1.82, 2.24) is 9.97 Å². The predicted octanol–water partition coefficient (Wildman–Crippen LogP) is 3.84. The lowest BCUT2D eigenvalue weighted by Gasteiger charge is -2.22. The minimum atomic E-state index is 0.549. The van der Waals surface area contributed by atoms with Gasteiger partial charge in [0.25, 0.3) is 0 Å². The summed E-state index contributed by atoms with van der Waals surface area (Å²) in [6.07, 6.45) is 6.63. The highest BCUT2D eigenvalue weighted by Gasteiger charge is 2.31. The maximum absolute atomic E-state index is 4.43. The largest absolute Gasteiger partial charge is 0.370 e. The molecule has 4 nitrogen and oxygen atoms in total. The second-order valence-electron chi connectivity index (χ2n) is 5.98. The van der Waals surface area contributed by atoms with Crippen molar-refractivity contribution in [3.63, 3.8) is 0 Å². The van der Waals surface area contributed by atoms with E-state index in [0.717, 1.165) is 42.0 Å². The van der Waals surface area contributed by atoms with Crippen molar-refractivity contribution in [1.29, 1.82) is 0 Å². The molecule has 0 bridgehead atoms. The summed E-state index contributed by atoms with van der Waals surface area (Å²) in [6.45, 7) is 9.87. The van der Waals surface area contributed by atoms with Gasteiger partial charge in [-0.25, -0.2) is 9.97 Å². The summed E-state index contributed by atoms with van der Waals surface area (Å²) in [5.41, 5.74) is 1.13. The summed E-state index contributed by atoms with van der Waals surface area (Å²) < 4.78 is 0. The number of rotatable bonds is 6. The van der Waals surface area contributed by atoms with Gasteiger partial charge in [-0.1, -0.05) is 27.2 Å². The van der Waals surface area contributed by atoms with E-state index in [0.29, 0.717) is 6.04 Å². The van der Waals surface area contributed by atoms with Gasteiger partial charge in [-0.2, -0.15) is 0 Å². The lowest BCUT2D eigenvalue weighted by atomic mass is 9.93. The number of nitrogens with one attached hydrogen (secondary N) is 2. The minimum absolute atomic E-state index is 0.549. The fourth-order valence-corrected chi connectivity index (χ4v) is 3.22. The Morgan fingerprint density at radius 3 is 2.60 bits per heavy atom. The lowest BCUT2D eigenvalue weighted by molar-refractivity contribution is 0.391. The summed E-state index contributed by atoms with van der Waals surface area (Å²) >= 11 is 0. The van der Waals surface area contributed by atoms with Crippen LogP contribution in [0, 0.1) is 18.8 Å². The van der Waals surface area contributed by atoms with Gasteiger partial charge in [0.2, 0.25) is 0 Å². The molecule has 1 aliphatic carbocycles. The molecule has 2 N–H and O–H groups in total. The van der Waals surface area contributed by atoms with Gasteiger partial charge in [0.1, 0.15) is 18.0 Å². The molecule has 112 valence electrons. The molecule has 3 atom stereocenters. The zero-order valence-electron chi connectivity index (χ0n) is 13.2. The summed E-state index contributed by atoms with van der Waals surface area (Å²) in [5.74, 6) is 3.53. The van der Waals surface area contributed by atoms with E-state index in [9.17, 15) is 0 Å². The Morgan fingerprint density at radius 2 is 1.95 bits per heavy atom. The van der Waals surface area contributed by atoms with Crippen LogP contribution in [-0.2, 0) is 0 Å². The molecular formula is C16H28N4. The number of hydrogen-bond acceptors (Lipinski definition) is 4. The van der Waals surface area contributed by atoms with Crippen molar-refractivity contribution in [2.45, 2.75) is 59.4 Å². The molecule has 3 unspecified atom stereocenters. The van der Waals surface area contributed by atoms with Crippen LogP contribution in [-0.4, -0.2) is 22.6 Å². The Kier molecular flexibility index (Phi) is 5.21. The monoisotopic (exact) mass is 276 g/mol. The highest BCUT2D eigenvalue weighted by Crippen LogP contribution is 2.36. The molecule has 1 fully saturated rings. The molecule has 4 heteroatoms. The smallest absolute Gasteiger partial charge is 0.134 e. The fraction of sp³-hybridized carbons (Fsp3) is 0.750. The summed E-state index contributed by atoms with van der Waals surface area (Å²) in [7, 11) is 0. The first-order valence-electron chi connectivity index (χ1n) is 7.99. The fourth-order valence-electron chi connectivity index (χ4n) is 3.22. The van der Waals surface area contributed by atoms with E-state index in [1.54, 1.807) is 6.33 Å². The van der Waals surface area contributed by atoms with Crippen LogP contribution in [0.25, 0.3) is 0 Å². The third-order valence-electron chi connectivity index (χ3n) is 4.70. The van der Waals surface area contributed by atoms with Crippen molar-refractivity contribution >= 4 is 11.6 Å². The first-order valence-corrected chi connectivity index (χ1v) is 7.99. The van der Waals surface area contributed by atoms with Crippen LogP contribution >= 0.6 is 0 Å². The Balaban J connectivity index is 2.06. The predicted molar refractivity (Wildman–Crippen MR) is 85.1 cm³/mol. The van der Waals surface area contributed by atoms with E-state index in [2.05, 4.69) is 48.3 Å².